The van der Waals surface area contributed by atoms with Crippen LogP contribution >= 0.6 is 0 Å². The Morgan fingerprint density at radius 3 is 2.47 bits per heavy atom. The molecular formula is C26H32F3N7O2. The van der Waals surface area contributed by atoms with Gasteiger partial charge < -0.3 is 24.8 Å². The van der Waals surface area contributed by atoms with Crippen LogP contribution in [0, 0.1) is 30.3 Å². The molecule has 5 rings (SSSR count). The van der Waals surface area contributed by atoms with Crippen molar-refractivity contribution in [3.8, 4) is 5.75 Å². The van der Waals surface area contributed by atoms with Crippen molar-refractivity contribution in [3.05, 3.63) is 52.9 Å². The largest absolute Gasteiger partial charge is 0.490 e. The van der Waals surface area contributed by atoms with Crippen molar-refractivity contribution >= 4 is 12.0 Å². The number of halogens is 3. The normalized spacial score (nSPS) is 20.5. The third kappa shape index (κ3) is 5.40. The smallest absolute Gasteiger partial charge is 0.324 e. The summed E-state index contributed by atoms with van der Waals surface area (Å²) in [4.78, 5) is 17.4. The van der Waals surface area contributed by atoms with E-state index in [-0.39, 0.29) is 11.5 Å². The van der Waals surface area contributed by atoms with Crippen LogP contribution in [0.25, 0.3) is 0 Å². The number of aromatic nitrogens is 4. The number of anilines is 2. The molecule has 38 heavy (non-hydrogen) atoms. The minimum atomic E-state index is -1.22. The molecule has 2 fully saturated rings. The number of benzene rings is 1. The predicted molar refractivity (Wildman–Crippen MR) is 135 cm³/mol. The zero-order valence-corrected chi connectivity index (χ0v) is 21.7. The molecule has 0 spiro atoms. The molecule has 1 aromatic carbocycles. The first-order chi connectivity index (χ1) is 18.2. The highest BCUT2D eigenvalue weighted by Crippen LogP contribution is 2.32. The number of aryl methyl sites for hydroxylation is 1. The fourth-order valence-corrected chi connectivity index (χ4v) is 4.97. The van der Waals surface area contributed by atoms with Gasteiger partial charge in [0.25, 0.3) is 0 Å². The average molecular weight is 532 g/mol. The van der Waals surface area contributed by atoms with Gasteiger partial charge >= 0.3 is 6.01 Å². The van der Waals surface area contributed by atoms with Crippen LogP contribution in [-0.4, -0.2) is 58.9 Å². The maximum atomic E-state index is 14.3. The molecule has 2 atom stereocenters. The van der Waals surface area contributed by atoms with Crippen LogP contribution in [0.4, 0.5) is 25.1 Å². The minimum Gasteiger partial charge on any atom is -0.490 e. The summed E-state index contributed by atoms with van der Waals surface area (Å²) in [7, 11) is 0. The zero-order chi connectivity index (χ0) is 27.0. The van der Waals surface area contributed by atoms with Crippen molar-refractivity contribution < 1.29 is 22.4 Å². The molecule has 2 unspecified atom stereocenters. The molecule has 0 bridgehead atoms. The molecule has 0 radical (unpaired) electrons. The summed E-state index contributed by atoms with van der Waals surface area (Å²) in [5.74, 6) is -1.29. The Hall–Kier alpha value is -3.41. The second kappa shape index (κ2) is 10.8. The van der Waals surface area contributed by atoms with Gasteiger partial charge in [-0.2, -0.15) is 4.98 Å². The van der Waals surface area contributed by atoms with Crippen molar-refractivity contribution in [1.29, 1.82) is 0 Å². The lowest BCUT2D eigenvalue weighted by Crippen LogP contribution is -2.35. The molecule has 3 aromatic rings. The summed E-state index contributed by atoms with van der Waals surface area (Å²) in [6, 6.07) is 1.54. The molecule has 204 valence electrons. The maximum absolute atomic E-state index is 14.3. The van der Waals surface area contributed by atoms with Gasteiger partial charge in [0.15, 0.2) is 23.2 Å². The van der Waals surface area contributed by atoms with E-state index in [1.807, 2.05) is 25.7 Å². The number of nitrogens with two attached hydrogens (primary N) is 1. The molecule has 2 aliphatic rings. The van der Waals surface area contributed by atoms with E-state index in [0.717, 1.165) is 32.0 Å². The van der Waals surface area contributed by atoms with Crippen LogP contribution < -0.4 is 20.3 Å². The Morgan fingerprint density at radius 1 is 1.05 bits per heavy atom. The lowest BCUT2D eigenvalue weighted by molar-refractivity contribution is 0.217. The van der Waals surface area contributed by atoms with E-state index >= 15 is 0 Å². The molecule has 2 saturated heterocycles. The van der Waals surface area contributed by atoms with E-state index in [1.165, 1.54) is 0 Å². The Labute approximate surface area is 219 Å². The number of nitrogens with zero attached hydrogens (tertiary/aromatic N) is 6. The molecule has 0 amide bonds. The lowest BCUT2D eigenvalue weighted by atomic mass is 9.94. The monoisotopic (exact) mass is 531 g/mol. The summed E-state index contributed by atoms with van der Waals surface area (Å²) in [6.45, 7) is 8.74. The Balaban J connectivity index is 1.16. The summed E-state index contributed by atoms with van der Waals surface area (Å²) in [6.07, 6.45) is 3.51. The van der Waals surface area contributed by atoms with Crippen LogP contribution in [0.15, 0.2) is 22.9 Å². The standard InChI is InChI=1S/C26H32F3N7O2/c1-14(2)24-33-26(38-34-24)35-6-4-16(5-7-35)13-37-23-10-31-25(32-15(23)3)36-11-18(22(30)12-36)17-8-20(28)21(29)9-19(17)27/h8-10,14,16,18,22H,4-7,11-13,30H2,1-3H3. The van der Waals surface area contributed by atoms with Gasteiger partial charge in [0.2, 0.25) is 5.95 Å². The molecule has 4 heterocycles. The average Bonchev–Trinajstić information content (AvgIpc) is 3.53. The molecule has 2 N–H and O–H groups in total. The van der Waals surface area contributed by atoms with Gasteiger partial charge in [0, 0.05) is 50.1 Å². The first kappa shape index (κ1) is 26.2. The second-order valence-corrected chi connectivity index (χ2v) is 10.4. The number of ether oxygens (including phenoxy) is 1. The van der Waals surface area contributed by atoms with Crippen LogP contribution in [0.1, 0.15) is 55.6 Å². The maximum Gasteiger partial charge on any atom is 0.324 e. The number of piperidine rings is 1. The summed E-state index contributed by atoms with van der Waals surface area (Å²) >= 11 is 0. The van der Waals surface area contributed by atoms with E-state index in [9.17, 15) is 13.2 Å². The summed E-state index contributed by atoms with van der Waals surface area (Å²) in [5.41, 5.74) is 6.97. The van der Waals surface area contributed by atoms with Gasteiger partial charge in [0.05, 0.1) is 18.5 Å². The van der Waals surface area contributed by atoms with Crippen LogP contribution in [-0.2, 0) is 0 Å². The van der Waals surface area contributed by atoms with Crippen molar-refractivity contribution in [1.82, 2.24) is 20.1 Å². The first-order valence-electron chi connectivity index (χ1n) is 12.9. The molecule has 0 aliphatic carbocycles. The molecule has 2 aliphatic heterocycles. The van der Waals surface area contributed by atoms with Crippen molar-refractivity contribution in [2.24, 2.45) is 11.7 Å². The van der Waals surface area contributed by atoms with E-state index in [1.54, 1.807) is 6.20 Å². The third-order valence-corrected chi connectivity index (χ3v) is 7.32. The quantitative estimate of drug-likeness (QED) is 0.454. The van der Waals surface area contributed by atoms with Gasteiger partial charge in [-0.25, -0.2) is 23.1 Å². The Kier molecular flexibility index (Phi) is 7.42. The van der Waals surface area contributed by atoms with Gasteiger partial charge in [-0.1, -0.05) is 19.0 Å². The third-order valence-electron chi connectivity index (χ3n) is 7.32. The van der Waals surface area contributed by atoms with Crippen molar-refractivity contribution in [2.75, 3.05) is 42.6 Å². The summed E-state index contributed by atoms with van der Waals surface area (Å²) < 4.78 is 52.9. The predicted octanol–water partition coefficient (Wildman–Crippen LogP) is 3.94. The highest BCUT2D eigenvalue weighted by Gasteiger charge is 2.35. The van der Waals surface area contributed by atoms with Gasteiger partial charge in [0.1, 0.15) is 5.82 Å². The van der Waals surface area contributed by atoms with Crippen molar-refractivity contribution in [3.63, 3.8) is 0 Å². The zero-order valence-electron chi connectivity index (χ0n) is 21.7. The fraction of sp³-hybridized carbons (Fsp3) is 0.538. The van der Waals surface area contributed by atoms with Crippen LogP contribution in [0.3, 0.4) is 0 Å². The highest BCUT2D eigenvalue weighted by molar-refractivity contribution is 5.41. The number of hydrogen-bond acceptors (Lipinski definition) is 9. The van der Waals surface area contributed by atoms with Crippen LogP contribution in [0.2, 0.25) is 0 Å². The first-order valence-corrected chi connectivity index (χ1v) is 12.9. The van der Waals surface area contributed by atoms with Gasteiger partial charge in [-0.15, -0.1) is 0 Å². The molecule has 2 aromatic heterocycles. The number of hydrogen-bond donors (Lipinski definition) is 1. The van der Waals surface area contributed by atoms with Gasteiger partial charge in [-0.3, -0.25) is 0 Å². The topological polar surface area (TPSA) is 106 Å². The van der Waals surface area contributed by atoms with Crippen molar-refractivity contribution in [2.45, 2.75) is 51.5 Å². The molecule has 9 nitrogen and oxygen atoms in total. The van der Waals surface area contributed by atoms with Gasteiger partial charge in [-0.05, 0) is 37.3 Å². The van der Waals surface area contributed by atoms with E-state index in [0.29, 0.717) is 60.9 Å². The molecule has 0 saturated carbocycles. The van der Waals surface area contributed by atoms with E-state index in [4.69, 9.17) is 15.0 Å². The number of rotatable bonds is 7. The lowest BCUT2D eigenvalue weighted by Gasteiger charge is -2.30. The molecular weight excluding hydrogens is 499 g/mol. The second-order valence-electron chi connectivity index (χ2n) is 10.4. The summed E-state index contributed by atoms with van der Waals surface area (Å²) in [5, 5.41) is 4.04. The Morgan fingerprint density at radius 2 is 1.79 bits per heavy atom. The Bertz CT molecular complexity index is 1280. The fourth-order valence-electron chi connectivity index (χ4n) is 4.97. The van der Waals surface area contributed by atoms with Crippen LogP contribution in [0.5, 0.6) is 5.75 Å². The van der Waals surface area contributed by atoms with E-state index < -0.39 is 29.4 Å². The molecule has 12 heteroatoms. The van der Waals surface area contributed by atoms with E-state index in [2.05, 4.69) is 25.0 Å². The SMILES string of the molecule is Cc1nc(N2CC(N)C(c3cc(F)c(F)cc3F)C2)ncc1OCC1CCN(c2nc(C(C)C)no2)CC1. The minimum absolute atomic E-state index is 0.0566. The highest BCUT2D eigenvalue weighted by atomic mass is 19.2.